The van der Waals surface area contributed by atoms with Crippen LogP contribution < -0.4 is 0 Å². The van der Waals surface area contributed by atoms with Crippen LogP contribution in [0.4, 0.5) is 0 Å². The molecule has 5 heteroatoms. The van der Waals surface area contributed by atoms with Gasteiger partial charge in [0.15, 0.2) is 0 Å². The molecule has 0 aromatic heterocycles. The number of Topliss-reactive ketones (excluding diaryl/α,β-unsaturated/α-hetero) is 1. The smallest absolute Gasteiger partial charge is 0.310 e. The van der Waals surface area contributed by atoms with Crippen LogP contribution in [-0.4, -0.2) is 39.3 Å². The molecular formula is C29H44O5. The first-order valence-electron chi connectivity index (χ1n) is 13.5. The zero-order valence-electron chi connectivity index (χ0n) is 21.7. The van der Waals surface area contributed by atoms with E-state index in [0.29, 0.717) is 36.5 Å². The van der Waals surface area contributed by atoms with Gasteiger partial charge in [-0.1, -0.05) is 41.2 Å². The number of hydrogen-bond acceptors (Lipinski definition) is 4. The highest BCUT2D eigenvalue weighted by Gasteiger charge is 2.76. The molecule has 34 heavy (non-hydrogen) atoms. The Kier molecular flexibility index (Phi) is 5.18. The predicted molar refractivity (Wildman–Crippen MR) is 130 cm³/mol. The largest absolute Gasteiger partial charge is 0.481 e. The number of hydrogen-bond donors (Lipinski definition) is 3. The Bertz CT molecular complexity index is 943. The first kappa shape index (κ1) is 24.5. The Morgan fingerprint density at radius 3 is 2.26 bits per heavy atom. The predicted octanol–water partition coefficient (Wildman–Crippen LogP) is 4.99. The average Bonchev–Trinajstić information content (AvgIpc) is 2.75. The SMILES string of the molecule is C=C1[C@@H](O)C2[C@@](C)(CC[C@]3(C)C4CC[C@@]5(C)C(CCC(=O)[C@@H]5C)[C@]4(C)CC[C@@]23C(=O)O)C[C@@H]1O. The summed E-state index contributed by atoms with van der Waals surface area (Å²) >= 11 is 0. The molecular weight excluding hydrogens is 428 g/mol. The molecule has 0 aromatic carbocycles. The third-order valence-corrected chi connectivity index (χ3v) is 13.0. The summed E-state index contributed by atoms with van der Waals surface area (Å²) in [6.45, 7) is 15.1. The Morgan fingerprint density at radius 1 is 0.941 bits per heavy atom. The van der Waals surface area contributed by atoms with Crippen LogP contribution in [0.15, 0.2) is 12.2 Å². The molecule has 0 saturated heterocycles. The lowest BCUT2D eigenvalue weighted by Gasteiger charge is -2.73. The summed E-state index contributed by atoms with van der Waals surface area (Å²) in [5.41, 5.74) is -1.58. The Labute approximate surface area is 204 Å². The minimum Gasteiger partial charge on any atom is -0.481 e. The number of ketones is 1. The van der Waals surface area contributed by atoms with E-state index in [1.807, 2.05) is 0 Å². The number of aliphatic carboxylic acids is 1. The van der Waals surface area contributed by atoms with Crippen molar-refractivity contribution in [3.63, 3.8) is 0 Å². The maximum Gasteiger partial charge on any atom is 0.310 e. The van der Waals surface area contributed by atoms with Crippen LogP contribution >= 0.6 is 0 Å². The minimum absolute atomic E-state index is 0.0143. The number of fused-ring (bicyclic) bond motifs is 7. The zero-order chi connectivity index (χ0) is 25.1. The van der Waals surface area contributed by atoms with Gasteiger partial charge in [0.25, 0.3) is 0 Å². The summed E-state index contributed by atoms with van der Waals surface area (Å²) in [5, 5.41) is 33.1. The van der Waals surface area contributed by atoms with Gasteiger partial charge in [0.1, 0.15) is 5.78 Å². The average molecular weight is 473 g/mol. The topological polar surface area (TPSA) is 94.8 Å². The molecule has 5 rings (SSSR count). The Hall–Kier alpha value is -1.20. The molecule has 3 N–H and O–H groups in total. The summed E-state index contributed by atoms with van der Waals surface area (Å²) in [6.07, 6.45) is 5.12. The molecule has 5 aliphatic carbocycles. The fourth-order valence-electron chi connectivity index (χ4n) is 11.0. The number of carboxylic acid groups (broad SMARTS) is 1. The van der Waals surface area contributed by atoms with Gasteiger partial charge >= 0.3 is 5.97 Å². The molecule has 11 atom stereocenters. The lowest BCUT2D eigenvalue weighted by Crippen LogP contribution is -2.72. The molecule has 5 fully saturated rings. The van der Waals surface area contributed by atoms with Gasteiger partial charge in [-0.25, -0.2) is 0 Å². The van der Waals surface area contributed by atoms with Gasteiger partial charge in [0.2, 0.25) is 0 Å². The Balaban J connectivity index is 1.63. The van der Waals surface area contributed by atoms with Gasteiger partial charge in [0, 0.05) is 18.3 Å². The van der Waals surface area contributed by atoms with Crippen molar-refractivity contribution in [1.82, 2.24) is 0 Å². The molecule has 3 unspecified atom stereocenters. The van der Waals surface area contributed by atoms with E-state index in [1.54, 1.807) is 0 Å². The number of aliphatic hydroxyl groups is 2. The summed E-state index contributed by atoms with van der Waals surface area (Å²) in [4.78, 5) is 26.1. The van der Waals surface area contributed by atoms with Crippen molar-refractivity contribution in [3.8, 4) is 0 Å². The summed E-state index contributed by atoms with van der Waals surface area (Å²) in [7, 11) is 0. The van der Waals surface area contributed by atoms with E-state index in [2.05, 4.69) is 41.2 Å². The third kappa shape index (κ3) is 2.64. The fraction of sp³-hybridized carbons (Fsp3) is 0.862. The minimum atomic E-state index is -1.05. The van der Waals surface area contributed by atoms with Crippen molar-refractivity contribution >= 4 is 11.8 Å². The maximum atomic E-state index is 13.4. The van der Waals surface area contributed by atoms with Gasteiger partial charge in [-0.3, -0.25) is 9.59 Å². The Morgan fingerprint density at radius 2 is 1.62 bits per heavy atom. The lowest BCUT2D eigenvalue weighted by atomic mass is 9.30. The molecule has 5 nitrogen and oxygen atoms in total. The zero-order valence-corrected chi connectivity index (χ0v) is 21.7. The van der Waals surface area contributed by atoms with Crippen molar-refractivity contribution in [2.75, 3.05) is 0 Å². The first-order valence-corrected chi connectivity index (χ1v) is 13.5. The number of rotatable bonds is 1. The number of carbonyl (C=O) groups is 2. The van der Waals surface area contributed by atoms with E-state index in [4.69, 9.17) is 0 Å². The summed E-state index contributed by atoms with van der Waals surface area (Å²) in [6, 6.07) is 0. The van der Waals surface area contributed by atoms with Crippen LogP contribution in [0.25, 0.3) is 0 Å². The summed E-state index contributed by atoms with van der Waals surface area (Å²) in [5.74, 6) is -0.133. The highest BCUT2D eigenvalue weighted by Crippen LogP contribution is 2.78. The molecule has 0 bridgehead atoms. The molecule has 0 radical (unpaired) electrons. The van der Waals surface area contributed by atoms with Crippen molar-refractivity contribution in [3.05, 3.63) is 12.2 Å². The van der Waals surface area contributed by atoms with Crippen molar-refractivity contribution in [2.24, 2.45) is 50.7 Å². The van der Waals surface area contributed by atoms with Gasteiger partial charge < -0.3 is 15.3 Å². The lowest BCUT2D eigenvalue weighted by molar-refractivity contribution is -0.269. The van der Waals surface area contributed by atoms with Crippen LogP contribution in [0, 0.1) is 50.7 Å². The van der Waals surface area contributed by atoms with Crippen LogP contribution in [0.1, 0.15) is 92.4 Å². The monoisotopic (exact) mass is 472 g/mol. The standard InChI is InChI=1S/C29H44O5/c1-16-19(31)15-25(3)11-13-28(6)21-9-10-26(4)17(2)18(30)7-8-20(26)27(21,5)12-14-29(28,24(33)34)23(25)22(16)32/h17,19-23,31-32H,1,7-15H2,2-6H3,(H,33,34)/t17-,19-,20?,21?,22+,23?,25-,26+,27-,28+,29-/m0/s1. The quantitative estimate of drug-likeness (QED) is 0.467. The summed E-state index contributed by atoms with van der Waals surface area (Å²) < 4.78 is 0. The first-order chi connectivity index (χ1) is 15.7. The second-order valence-corrected chi connectivity index (χ2v) is 13.9. The van der Waals surface area contributed by atoms with Crippen molar-refractivity contribution < 1.29 is 24.9 Å². The van der Waals surface area contributed by atoms with Crippen LogP contribution in [0.5, 0.6) is 0 Å². The highest BCUT2D eigenvalue weighted by atomic mass is 16.4. The molecule has 0 heterocycles. The number of carboxylic acids is 1. The van der Waals surface area contributed by atoms with E-state index in [0.717, 1.165) is 38.5 Å². The van der Waals surface area contributed by atoms with Crippen molar-refractivity contribution in [1.29, 1.82) is 0 Å². The van der Waals surface area contributed by atoms with Gasteiger partial charge in [-0.15, -0.1) is 0 Å². The number of aliphatic hydroxyl groups excluding tert-OH is 2. The molecule has 0 amide bonds. The van der Waals surface area contributed by atoms with E-state index in [-0.39, 0.29) is 22.7 Å². The second kappa shape index (κ2) is 7.18. The van der Waals surface area contributed by atoms with Crippen molar-refractivity contribution in [2.45, 2.75) is 105 Å². The molecule has 5 saturated carbocycles. The molecule has 190 valence electrons. The second-order valence-electron chi connectivity index (χ2n) is 13.9. The molecule has 0 aliphatic heterocycles. The molecule has 5 aliphatic rings. The number of carbonyl (C=O) groups excluding carboxylic acids is 1. The van der Waals surface area contributed by atoms with E-state index >= 15 is 0 Å². The van der Waals surface area contributed by atoms with Gasteiger partial charge in [0.05, 0.1) is 17.6 Å². The molecule has 0 aromatic rings. The van der Waals surface area contributed by atoms with E-state index in [1.165, 1.54) is 0 Å². The fourth-order valence-corrected chi connectivity index (χ4v) is 11.0. The van der Waals surface area contributed by atoms with Crippen LogP contribution in [-0.2, 0) is 9.59 Å². The van der Waals surface area contributed by atoms with Crippen LogP contribution in [0.3, 0.4) is 0 Å². The van der Waals surface area contributed by atoms with Crippen LogP contribution in [0.2, 0.25) is 0 Å². The highest BCUT2D eigenvalue weighted by molar-refractivity contribution is 5.82. The van der Waals surface area contributed by atoms with Gasteiger partial charge in [-0.05, 0) is 90.4 Å². The van der Waals surface area contributed by atoms with E-state index in [9.17, 15) is 24.9 Å². The molecule has 0 spiro atoms. The van der Waals surface area contributed by atoms with E-state index < -0.39 is 40.3 Å². The maximum absolute atomic E-state index is 13.4. The third-order valence-electron chi connectivity index (χ3n) is 13.0. The normalized spacial score (nSPS) is 57.1. The van der Waals surface area contributed by atoms with Gasteiger partial charge in [-0.2, -0.15) is 0 Å².